The molecular formula is C57H68ClF6N7O7. The van der Waals surface area contributed by atoms with Crippen molar-refractivity contribution < 1.29 is 59.6 Å². The van der Waals surface area contributed by atoms with E-state index < -0.39 is 81.4 Å². The van der Waals surface area contributed by atoms with E-state index in [9.17, 15) is 9.59 Å². The number of carbonyl (C=O) groups is 2. The fraction of sp³-hybridized carbons (Fsp3) is 0.526. The minimum Gasteiger partial charge on any atom is -0.497 e. The summed E-state index contributed by atoms with van der Waals surface area (Å²) in [5.74, 6) is -3.26. The highest BCUT2D eigenvalue weighted by molar-refractivity contribution is 6.34. The minimum atomic E-state index is -5.05. The van der Waals surface area contributed by atoms with Crippen molar-refractivity contribution in [2.45, 2.75) is 129 Å². The van der Waals surface area contributed by atoms with E-state index in [4.69, 9.17) is 40.3 Å². The molecule has 3 aromatic carbocycles. The van der Waals surface area contributed by atoms with E-state index in [1.807, 2.05) is 29.2 Å². The van der Waals surface area contributed by atoms with Gasteiger partial charge in [-0.05, 0) is 127 Å². The van der Waals surface area contributed by atoms with Gasteiger partial charge in [0.1, 0.15) is 40.9 Å². The summed E-state index contributed by atoms with van der Waals surface area (Å²) in [6, 6.07) is 15.7. The smallest absolute Gasteiger partial charge is 0.418 e. The van der Waals surface area contributed by atoms with Crippen LogP contribution in [0.2, 0.25) is 5.02 Å². The first kappa shape index (κ1) is 57.9. The lowest BCUT2D eigenvalue weighted by atomic mass is 9.98. The lowest BCUT2D eigenvalue weighted by Gasteiger charge is -2.42. The van der Waals surface area contributed by atoms with Crippen LogP contribution in [0.4, 0.5) is 42.8 Å². The van der Waals surface area contributed by atoms with Gasteiger partial charge in [-0.3, -0.25) is 9.69 Å². The van der Waals surface area contributed by atoms with Crippen LogP contribution in [0.5, 0.6) is 17.5 Å². The van der Waals surface area contributed by atoms with Gasteiger partial charge in [0.05, 0.1) is 60.2 Å². The van der Waals surface area contributed by atoms with Crippen LogP contribution in [0, 0.1) is 18.2 Å². The van der Waals surface area contributed by atoms with E-state index in [1.165, 1.54) is 33.3 Å². The predicted molar refractivity (Wildman–Crippen MR) is 285 cm³/mol. The molecule has 3 atom stereocenters. The van der Waals surface area contributed by atoms with E-state index in [0.717, 1.165) is 24.0 Å². The van der Waals surface area contributed by atoms with Crippen molar-refractivity contribution in [1.82, 2.24) is 24.8 Å². The highest BCUT2D eigenvalue weighted by Gasteiger charge is 2.72. The molecule has 8 rings (SSSR count). The molecule has 2 aliphatic heterocycles. The summed E-state index contributed by atoms with van der Waals surface area (Å²) in [6.45, 7) is 9.24. The molecule has 4 heterocycles. The van der Waals surface area contributed by atoms with Crippen LogP contribution in [0.15, 0.2) is 60.7 Å². The number of hydrogen-bond donors (Lipinski definition) is 0. The summed E-state index contributed by atoms with van der Waals surface area (Å²) in [5.41, 5.74) is -4.31. The van der Waals surface area contributed by atoms with Crippen LogP contribution in [-0.2, 0) is 33.5 Å². The molecule has 0 N–H and O–H groups in total. The number of fused-ring (bicyclic) bond motifs is 3. The van der Waals surface area contributed by atoms with Crippen molar-refractivity contribution >= 4 is 46.2 Å². The molecule has 3 fully saturated rings. The standard InChI is InChI=1S/C57H68ClF6N7O7/c1-9-76-45(72)14-12-10-11-13-25-68(6)33-55(32-56(55,60)61)34-77-52-66-49-42(51(67-52)70-30-38-19-20-39(31-70)71(38)53(73)78-54(3,4)5)27-43(58)46(48(49)59)50-47(57(62,63)64)35(2)26-44(65-50)69(28-36-15-21-40(74-7)22-16-36)29-37-17-23-41(75-8)24-18-37/h15-18,21-24,26-27,38-39H,9-14,19-20,25,28-34H2,1-8H3/t38?,39?,55-/m1/s1. The van der Waals surface area contributed by atoms with Crippen molar-refractivity contribution in [3.8, 4) is 28.8 Å². The molecule has 2 unspecified atom stereocenters. The number of amides is 1. The minimum absolute atomic E-state index is 0.0224. The van der Waals surface area contributed by atoms with Crippen LogP contribution >= 0.6 is 11.6 Å². The van der Waals surface area contributed by atoms with Gasteiger partial charge >= 0.3 is 24.2 Å². The van der Waals surface area contributed by atoms with Crippen LogP contribution in [-0.4, -0.2) is 121 Å². The molecule has 78 heavy (non-hydrogen) atoms. The molecule has 422 valence electrons. The quantitative estimate of drug-likeness (QED) is 0.0370. The van der Waals surface area contributed by atoms with Gasteiger partial charge in [0, 0.05) is 51.0 Å². The maximum absolute atomic E-state index is 18.0. The van der Waals surface area contributed by atoms with Gasteiger partial charge in [-0.1, -0.05) is 48.7 Å². The van der Waals surface area contributed by atoms with Gasteiger partial charge in [0.2, 0.25) is 0 Å². The maximum atomic E-state index is 18.0. The second-order valence-electron chi connectivity index (χ2n) is 21.7. The Hall–Kier alpha value is -6.28. The number of methoxy groups -OCH3 is 2. The van der Waals surface area contributed by atoms with Gasteiger partial charge < -0.3 is 38.4 Å². The second-order valence-corrected chi connectivity index (χ2v) is 22.1. The van der Waals surface area contributed by atoms with E-state index in [0.29, 0.717) is 56.8 Å². The fourth-order valence-corrected chi connectivity index (χ4v) is 10.9. The third-order valence-electron chi connectivity index (χ3n) is 14.6. The van der Waals surface area contributed by atoms with Crippen molar-refractivity contribution in [3.63, 3.8) is 0 Å². The number of rotatable bonds is 22. The zero-order valence-corrected chi connectivity index (χ0v) is 46.1. The third-order valence-corrected chi connectivity index (χ3v) is 14.9. The number of unbranched alkanes of at least 4 members (excludes halogenated alkanes) is 3. The molecule has 1 aliphatic carbocycles. The topological polar surface area (TPSA) is 132 Å². The number of carbonyl (C=O) groups excluding carboxylic acids is 2. The van der Waals surface area contributed by atoms with Crippen LogP contribution in [0.1, 0.15) is 101 Å². The Bertz CT molecular complexity index is 2880. The second kappa shape index (κ2) is 23.6. The molecule has 2 aromatic heterocycles. The number of piperazine rings is 1. The molecule has 2 bridgehead atoms. The number of halogens is 7. The molecule has 0 spiro atoms. The zero-order chi connectivity index (χ0) is 56.3. The van der Waals surface area contributed by atoms with Gasteiger partial charge in [0.15, 0.2) is 5.82 Å². The molecule has 1 saturated carbocycles. The molecule has 1 amide bonds. The Morgan fingerprint density at radius 1 is 0.859 bits per heavy atom. The molecular weight excluding hydrogens is 1040 g/mol. The van der Waals surface area contributed by atoms with Crippen molar-refractivity contribution in [2.75, 3.05) is 70.5 Å². The Labute approximate surface area is 456 Å². The summed E-state index contributed by atoms with van der Waals surface area (Å²) in [4.78, 5) is 46.1. The van der Waals surface area contributed by atoms with E-state index >= 15 is 26.3 Å². The van der Waals surface area contributed by atoms with Crippen LogP contribution in [0.25, 0.3) is 22.2 Å². The Kier molecular flexibility index (Phi) is 17.5. The Morgan fingerprint density at radius 2 is 1.45 bits per heavy atom. The number of anilines is 2. The number of hydrogen-bond acceptors (Lipinski definition) is 13. The number of alkyl halides is 5. The number of ether oxygens (including phenoxy) is 5. The molecule has 0 radical (unpaired) electrons. The summed E-state index contributed by atoms with van der Waals surface area (Å²) in [7, 11) is 4.81. The van der Waals surface area contributed by atoms with Gasteiger partial charge in [-0.25, -0.2) is 22.9 Å². The highest BCUT2D eigenvalue weighted by Crippen LogP contribution is 2.61. The molecule has 3 aliphatic rings. The monoisotopic (exact) mass is 1110 g/mol. The SMILES string of the molecule is CCOC(=O)CCCCCCN(C)C[C@@]1(COc2nc(N3CC4CCC(C3)N4C(=O)OC(C)(C)C)c3cc(Cl)c(-c4nc(N(Cc5ccc(OC)cc5)Cc5ccc(OC)cc5)cc(C)c4C(F)(F)F)c(F)c3n2)CC1(F)F. The zero-order valence-electron chi connectivity index (χ0n) is 45.4. The Balaban J connectivity index is 1.18. The number of benzene rings is 3. The Morgan fingerprint density at radius 3 is 1.99 bits per heavy atom. The molecule has 2 saturated heterocycles. The summed E-state index contributed by atoms with van der Waals surface area (Å²) >= 11 is 7.04. The first-order chi connectivity index (χ1) is 36.9. The summed E-state index contributed by atoms with van der Waals surface area (Å²) < 4.78 is 123. The predicted octanol–water partition coefficient (Wildman–Crippen LogP) is 12.5. The van der Waals surface area contributed by atoms with E-state index in [2.05, 4.69) is 9.97 Å². The van der Waals surface area contributed by atoms with Crippen LogP contribution in [0.3, 0.4) is 0 Å². The van der Waals surface area contributed by atoms with E-state index in [-0.39, 0.29) is 73.4 Å². The fourth-order valence-electron chi connectivity index (χ4n) is 10.6. The van der Waals surface area contributed by atoms with Crippen molar-refractivity contribution in [2.24, 2.45) is 5.41 Å². The number of aromatic nitrogens is 3. The molecule has 5 aromatic rings. The van der Waals surface area contributed by atoms with E-state index in [1.54, 1.807) is 73.7 Å². The molecule has 14 nitrogen and oxygen atoms in total. The lowest BCUT2D eigenvalue weighted by molar-refractivity contribution is -0.143. The van der Waals surface area contributed by atoms with Crippen molar-refractivity contribution in [1.29, 1.82) is 0 Å². The average molecular weight is 1110 g/mol. The van der Waals surface area contributed by atoms with Gasteiger partial charge in [0.25, 0.3) is 5.92 Å². The summed E-state index contributed by atoms with van der Waals surface area (Å²) in [6.07, 6.45) is -1.60. The molecule has 21 heteroatoms. The van der Waals surface area contributed by atoms with Crippen LogP contribution < -0.4 is 24.0 Å². The highest BCUT2D eigenvalue weighted by atomic mass is 35.5. The van der Waals surface area contributed by atoms with Gasteiger partial charge in [-0.2, -0.15) is 23.1 Å². The lowest BCUT2D eigenvalue weighted by Crippen LogP contribution is -2.57. The number of esters is 1. The maximum Gasteiger partial charge on any atom is 0.418 e. The first-order valence-corrected chi connectivity index (χ1v) is 26.7. The van der Waals surface area contributed by atoms with Crippen molar-refractivity contribution in [3.05, 3.63) is 93.8 Å². The number of pyridine rings is 1. The summed E-state index contributed by atoms with van der Waals surface area (Å²) in [5, 5.41) is -0.395. The number of nitrogens with zero attached hydrogens (tertiary/aromatic N) is 7. The van der Waals surface area contributed by atoms with Gasteiger partial charge in [-0.15, -0.1) is 0 Å². The normalized spacial score (nSPS) is 18.8. The average Bonchev–Trinajstić information content (AvgIpc) is 4.00. The largest absolute Gasteiger partial charge is 0.497 e. The third kappa shape index (κ3) is 13.2. The number of aryl methyl sites for hydroxylation is 1. The first-order valence-electron chi connectivity index (χ1n) is 26.3.